The van der Waals surface area contributed by atoms with Gasteiger partial charge in [0.05, 0.1) is 0 Å². The van der Waals surface area contributed by atoms with Gasteiger partial charge in [-0.1, -0.05) is 0 Å². The van der Waals surface area contributed by atoms with Gasteiger partial charge in [0.2, 0.25) is 5.88 Å². The summed E-state index contributed by atoms with van der Waals surface area (Å²) in [6, 6.07) is 5.39. The van der Waals surface area contributed by atoms with Crippen LogP contribution in [0, 0.1) is 5.92 Å². The average Bonchev–Trinajstić information content (AvgIpc) is 3.36. The van der Waals surface area contributed by atoms with E-state index in [0.717, 1.165) is 38.9 Å². The van der Waals surface area contributed by atoms with Gasteiger partial charge in [0.1, 0.15) is 6.33 Å². The van der Waals surface area contributed by atoms with Crippen LogP contribution >= 0.6 is 0 Å². The zero-order valence-electron chi connectivity index (χ0n) is 14.4. The van der Waals surface area contributed by atoms with E-state index < -0.39 is 0 Å². The fraction of sp³-hybridized carbons (Fsp3) is 0.471. The maximum Gasteiger partial charge on any atom is 0.260 e. The summed E-state index contributed by atoms with van der Waals surface area (Å²) in [7, 11) is 0. The van der Waals surface area contributed by atoms with Gasteiger partial charge in [0, 0.05) is 38.1 Å². The molecular weight excluding hydrogens is 334 g/mol. The Kier molecular flexibility index (Phi) is 4.76. The maximum absolute atomic E-state index is 12.4. The summed E-state index contributed by atoms with van der Waals surface area (Å²) in [5, 5.41) is 16.1. The van der Waals surface area contributed by atoms with Crippen molar-refractivity contribution in [2.45, 2.75) is 25.8 Å². The first-order chi connectivity index (χ1) is 12.8. The minimum absolute atomic E-state index is 0.00109. The Bertz CT molecular complexity index is 853. The molecule has 26 heavy (non-hydrogen) atoms. The van der Waals surface area contributed by atoms with Crippen LogP contribution in [0.4, 0.5) is 0 Å². The number of piperidine rings is 1. The fourth-order valence-corrected chi connectivity index (χ4v) is 3.23. The molecule has 1 aliphatic rings. The molecule has 9 heteroatoms. The van der Waals surface area contributed by atoms with Gasteiger partial charge in [-0.25, -0.2) is 0 Å². The van der Waals surface area contributed by atoms with Gasteiger partial charge >= 0.3 is 0 Å². The predicted molar refractivity (Wildman–Crippen MR) is 92.4 cm³/mol. The predicted octanol–water partition coefficient (Wildman–Crippen LogP) is 1.03. The third-order valence-corrected chi connectivity index (χ3v) is 4.77. The van der Waals surface area contributed by atoms with Gasteiger partial charge in [-0.2, -0.15) is 9.61 Å². The van der Waals surface area contributed by atoms with E-state index in [4.69, 9.17) is 4.74 Å². The van der Waals surface area contributed by atoms with Crippen LogP contribution in [0.3, 0.4) is 0 Å². The van der Waals surface area contributed by atoms with E-state index in [0.29, 0.717) is 17.4 Å². The lowest BCUT2D eigenvalue weighted by Crippen LogP contribution is -2.41. The highest BCUT2D eigenvalue weighted by atomic mass is 16.5. The van der Waals surface area contributed by atoms with E-state index in [1.165, 1.54) is 10.8 Å². The summed E-state index contributed by atoms with van der Waals surface area (Å²) in [4.78, 5) is 14.2. The van der Waals surface area contributed by atoms with E-state index in [1.807, 2.05) is 21.8 Å². The lowest BCUT2D eigenvalue weighted by atomic mass is 9.93. The number of amides is 1. The first-order valence-corrected chi connectivity index (χ1v) is 8.83. The Labute approximate surface area is 150 Å². The molecule has 0 aromatic carbocycles. The molecule has 0 saturated carbocycles. The van der Waals surface area contributed by atoms with Crippen LogP contribution in [0.15, 0.2) is 36.9 Å². The average molecular weight is 355 g/mol. The number of aryl methyl sites for hydroxylation is 1. The highest BCUT2D eigenvalue weighted by Gasteiger charge is 2.23. The van der Waals surface area contributed by atoms with E-state index in [9.17, 15) is 4.79 Å². The van der Waals surface area contributed by atoms with Crippen LogP contribution in [-0.2, 0) is 11.3 Å². The lowest BCUT2D eigenvalue weighted by Gasteiger charge is -2.32. The molecule has 0 atom stereocenters. The third-order valence-electron chi connectivity index (χ3n) is 4.77. The minimum Gasteiger partial charge on any atom is -0.467 e. The smallest absolute Gasteiger partial charge is 0.260 e. The Balaban J connectivity index is 1.21. The number of likely N-dealkylation sites (tertiary alicyclic amines) is 1. The second-order valence-electron chi connectivity index (χ2n) is 6.48. The number of ether oxygens (including phenoxy) is 1. The van der Waals surface area contributed by atoms with Gasteiger partial charge in [-0.3, -0.25) is 9.48 Å². The second-order valence-corrected chi connectivity index (χ2v) is 6.48. The van der Waals surface area contributed by atoms with Crippen LogP contribution in [0.2, 0.25) is 0 Å². The Morgan fingerprint density at radius 3 is 2.96 bits per heavy atom. The maximum atomic E-state index is 12.4. The summed E-state index contributed by atoms with van der Waals surface area (Å²) in [5.41, 5.74) is 0.640. The first kappa shape index (κ1) is 16.5. The van der Waals surface area contributed by atoms with Crippen molar-refractivity contribution in [3.8, 4) is 5.88 Å². The molecule has 9 nitrogen and oxygen atoms in total. The van der Waals surface area contributed by atoms with Crippen molar-refractivity contribution in [1.29, 1.82) is 0 Å². The summed E-state index contributed by atoms with van der Waals surface area (Å²) in [6.07, 6.45) is 8.44. The molecule has 0 bridgehead atoms. The molecule has 0 aliphatic carbocycles. The molecule has 1 aliphatic heterocycles. The van der Waals surface area contributed by atoms with Crippen LogP contribution < -0.4 is 4.74 Å². The normalized spacial score (nSPS) is 15.5. The van der Waals surface area contributed by atoms with Gasteiger partial charge in [-0.05, 0) is 37.3 Å². The quantitative estimate of drug-likeness (QED) is 0.656. The van der Waals surface area contributed by atoms with Crippen LogP contribution in [-0.4, -0.2) is 60.1 Å². The Morgan fingerprint density at radius 1 is 1.27 bits per heavy atom. The van der Waals surface area contributed by atoms with E-state index in [-0.39, 0.29) is 12.5 Å². The van der Waals surface area contributed by atoms with Crippen molar-refractivity contribution in [3.63, 3.8) is 0 Å². The molecule has 4 heterocycles. The second kappa shape index (κ2) is 7.51. The molecule has 0 N–H and O–H groups in total. The van der Waals surface area contributed by atoms with Crippen molar-refractivity contribution in [2.24, 2.45) is 5.92 Å². The number of hydrogen-bond donors (Lipinski definition) is 0. The van der Waals surface area contributed by atoms with Crippen LogP contribution in [0.1, 0.15) is 19.3 Å². The summed E-state index contributed by atoms with van der Waals surface area (Å²) >= 11 is 0. The van der Waals surface area contributed by atoms with Crippen molar-refractivity contribution in [1.82, 2.24) is 34.5 Å². The number of carbonyl (C=O) groups is 1. The number of carbonyl (C=O) groups excluding carboxylic acids is 1. The monoisotopic (exact) mass is 355 g/mol. The first-order valence-electron chi connectivity index (χ1n) is 8.83. The number of hydrogen-bond acceptors (Lipinski definition) is 6. The number of rotatable bonds is 6. The lowest BCUT2D eigenvalue weighted by molar-refractivity contribution is -0.134. The van der Waals surface area contributed by atoms with Crippen LogP contribution in [0.5, 0.6) is 5.88 Å². The van der Waals surface area contributed by atoms with Crippen molar-refractivity contribution in [2.75, 3.05) is 19.7 Å². The standard InChI is InChI=1S/C17H21N7O2/c25-17(12-26-16-3-2-15-20-18-13-24(15)21-16)22-9-4-14(5-10-22)6-11-23-8-1-7-19-23/h1-3,7-8,13-14H,4-6,9-12H2. The zero-order valence-corrected chi connectivity index (χ0v) is 14.4. The minimum atomic E-state index is -0.00140. The SMILES string of the molecule is O=C(COc1ccc2nncn2n1)N1CCC(CCn2cccn2)CC1. The molecular formula is C17H21N7O2. The molecule has 136 valence electrons. The highest BCUT2D eigenvalue weighted by molar-refractivity contribution is 5.77. The molecule has 3 aromatic heterocycles. The van der Waals surface area contributed by atoms with Crippen molar-refractivity contribution in [3.05, 3.63) is 36.9 Å². The molecule has 0 radical (unpaired) electrons. The molecule has 4 rings (SSSR count). The topological polar surface area (TPSA) is 90.4 Å². The van der Waals surface area contributed by atoms with E-state index in [1.54, 1.807) is 18.3 Å². The fourth-order valence-electron chi connectivity index (χ4n) is 3.23. The third kappa shape index (κ3) is 3.81. The van der Waals surface area contributed by atoms with E-state index in [2.05, 4.69) is 20.4 Å². The Hall–Kier alpha value is -2.97. The summed E-state index contributed by atoms with van der Waals surface area (Å²) in [5.74, 6) is 1.03. The largest absolute Gasteiger partial charge is 0.467 e. The van der Waals surface area contributed by atoms with Gasteiger partial charge in [-0.15, -0.1) is 15.3 Å². The van der Waals surface area contributed by atoms with Gasteiger partial charge in [0.15, 0.2) is 12.3 Å². The molecule has 1 fully saturated rings. The number of aromatic nitrogens is 6. The number of nitrogens with zero attached hydrogens (tertiary/aromatic N) is 7. The highest BCUT2D eigenvalue weighted by Crippen LogP contribution is 2.21. The summed E-state index contributed by atoms with van der Waals surface area (Å²) < 4.78 is 9.01. The van der Waals surface area contributed by atoms with Crippen molar-refractivity contribution < 1.29 is 9.53 Å². The molecule has 1 saturated heterocycles. The molecule has 0 spiro atoms. The van der Waals surface area contributed by atoms with Crippen LogP contribution in [0.25, 0.3) is 5.65 Å². The molecule has 0 unspecified atom stereocenters. The van der Waals surface area contributed by atoms with Crippen molar-refractivity contribution >= 4 is 11.6 Å². The molecule has 1 amide bonds. The molecule has 3 aromatic rings. The van der Waals surface area contributed by atoms with E-state index >= 15 is 0 Å². The Morgan fingerprint density at radius 2 is 2.15 bits per heavy atom. The number of fused-ring (bicyclic) bond motifs is 1. The zero-order chi connectivity index (χ0) is 17.8. The summed E-state index contributed by atoms with van der Waals surface area (Å²) in [6.45, 7) is 2.50. The van der Waals surface area contributed by atoms with Gasteiger partial charge < -0.3 is 9.64 Å². The van der Waals surface area contributed by atoms with Gasteiger partial charge in [0.25, 0.3) is 5.91 Å².